The van der Waals surface area contributed by atoms with Crippen molar-refractivity contribution in [1.29, 1.82) is 0 Å². The standard InChI is InChI=1S/C11H17BrN2/c1-2-6-13-7-8-14-11-5-3-4-10(12)9-11/h3-5,9,13-14H,2,6-8H2,1H3. The van der Waals surface area contributed by atoms with E-state index in [2.05, 4.69) is 45.6 Å². The van der Waals surface area contributed by atoms with Crippen molar-refractivity contribution in [1.82, 2.24) is 5.32 Å². The summed E-state index contributed by atoms with van der Waals surface area (Å²) in [5, 5.41) is 6.70. The second kappa shape index (κ2) is 6.85. The summed E-state index contributed by atoms with van der Waals surface area (Å²) in [6.07, 6.45) is 1.19. The molecular weight excluding hydrogens is 240 g/mol. The highest BCUT2D eigenvalue weighted by molar-refractivity contribution is 9.10. The Morgan fingerprint density at radius 1 is 1.21 bits per heavy atom. The molecule has 14 heavy (non-hydrogen) atoms. The second-order valence-corrected chi connectivity index (χ2v) is 4.10. The molecule has 0 amide bonds. The summed E-state index contributed by atoms with van der Waals surface area (Å²) < 4.78 is 1.11. The normalized spacial score (nSPS) is 10.1. The van der Waals surface area contributed by atoms with E-state index in [0.29, 0.717) is 0 Å². The van der Waals surface area contributed by atoms with Crippen LogP contribution in [0.3, 0.4) is 0 Å². The van der Waals surface area contributed by atoms with Gasteiger partial charge in [-0.1, -0.05) is 28.9 Å². The van der Waals surface area contributed by atoms with E-state index in [1.807, 2.05) is 12.1 Å². The van der Waals surface area contributed by atoms with Crippen LogP contribution in [0.1, 0.15) is 13.3 Å². The van der Waals surface area contributed by atoms with Gasteiger partial charge in [0.15, 0.2) is 0 Å². The number of halogens is 1. The molecule has 0 saturated heterocycles. The third-order valence-electron chi connectivity index (χ3n) is 1.88. The molecule has 0 aliphatic rings. The molecule has 0 unspecified atom stereocenters. The van der Waals surface area contributed by atoms with Crippen molar-refractivity contribution < 1.29 is 0 Å². The van der Waals surface area contributed by atoms with Crippen LogP contribution in [0.5, 0.6) is 0 Å². The Hall–Kier alpha value is -0.540. The summed E-state index contributed by atoms with van der Waals surface area (Å²) in [4.78, 5) is 0. The first-order chi connectivity index (χ1) is 6.83. The van der Waals surface area contributed by atoms with Crippen LogP contribution in [0.15, 0.2) is 28.7 Å². The predicted octanol–water partition coefficient (Wildman–Crippen LogP) is 2.86. The Balaban J connectivity index is 2.18. The highest BCUT2D eigenvalue weighted by Gasteiger charge is 1.91. The van der Waals surface area contributed by atoms with Crippen LogP contribution in [0.2, 0.25) is 0 Å². The molecule has 0 spiro atoms. The topological polar surface area (TPSA) is 24.1 Å². The molecule has 1 aromatic rings. The van der Waals surface area contributed by atoms with Crippen molar-refractivity contribution in [2.24, 2.45) is 0 Å². The van der Waals surface area contributed by atoms with Gasteiger partial charge < -0.3 is 10.6 Å². The van der Waals surface area contributed by atoms with Crippen molar-refractivity contribution in [3.63, 3.8) is 0 Å². The molecular formula is C11H17BrN2. The van der Waals surface area contributed by atoms with Crippen LogP contribution >= 0.6 is 15.9 Å². The zero-order chi connectivity index (χ0) is 10.2. The maximum atomic E-state index is 3.44. The van der Waals surface area contributed by atoms with E-state index in [1.54, 1.807) is 0 Å². The first kappa shape index (κ1) is 11.5. The largest absolute Gasteiger partial charge is 0.384 e. The van der Waals surface area contributed by atoms with Gasteiger partial charge in [-0.25, -0.2) is 0 Å². The van der Waals surface area contributed by atoms with Crippen LogP contribution < -0.4 is 10.6 Å². The lowest BCUT2D eigenvalue weighted by molar-refractivity contribution is 0.688. The predicted molar refractivity (Wildman–Crippen MR) is 65.8 cm³/mol. The van der Waals surface area contributed by atoms with E-state index in [-0.39, 0.29) is 0 Å². The van der Waals surface area contributed by atoms with Gasteiger partial charge in [0.2, 0.25) is 0 Å². The van der Waals surface area contributed by atoms with Crippen LogP contribution in [0.4, 0.5) is 5.69 Å². The minimum atomic E-state index is 0.969. The van der Waals surface area contributed by atoms with Crippen molar-refractivity contribution in [3.05, 3.63) is 28.7 Å². The highest BCUT2D eigenvalue weighted by atomic mass is 79.9. The quantitative estimate of drug-likeness (QED) is 0.766. The van der Waals surface area contributed by atoms with E-state index in [4.69, 9.17) is 0 Å². The number of hydrogen-bond acceptors (Lipinski definition) is 2. The van der Waals surface area contributed by atoms with E-state index >= 15 is 0 Å². The highest BCUT2D eigenvalue weighted by Crippen LogP contribution is 2.14. The Morgan fingerprint density at radius 3 is 2.79 bits per heavy atom. The molecule has 0 radical (unpaired) electrons. The fourth-order valence-electron chi connectivity index (χ4n) is 1.20. The van der Waals surface area contributed by atoms with Gasteiger partial charge in [0, 0.05) is 23.2 Å². The fourth-order valence-corrected chi connectivity index (χ4v) is 1.59. The van der Waals surface area contributed by atoms with E-state index < -0.39 is 0 Å². The minimum absolute atomic E-state index is 0.969. The monoisotopic (exact) mass is 256 g/mol. The molecule has 0 aliphatic carbocycles. The molecule has 0 bridgehead atoms. The SMILES string of the molecule is CCCNCCNc1cccc(Br)c1. The summed E-state index contributed by atoms with van der Waals surface area (Å²) in [5.41, 5.74) is 1.16. The molecule has 3 heteroatoms. The van der Waals surface area contributed by atoms with Crippen LogP contribution in [-0.2, 0) is 0 Å². The fraction of sp³-hybridized carbons (Fsp3) is 0.455. The molecule has 1 rings (SSSR count). The van der Waals surface area contributed by atoms with Gasteiger partial charge in [0.25, 0.3) is 0 Å². The lowest BCUT2D eigenvalue weighted by atomic mass is 10.3. The van der Waals surface area contributed by atoms with Crippen molar-refractivity contribution in [2.45, 2.75) is 13.3 Å². The average Bonchev–Trinajstić information content (AvgIpc) is 2.18. The van der Waals surface area contributed by atoms with Gasteiger partial charge in [0.1, 0.15) is 0 Å². The summed E-state index contributed by atoms with van der Waals surface area (Å²) in [7, 11) is 0. The van der Waals surface area contributed by atoms with Gasteiger partial charge in [-0.05, 0) is 31.2 Å². The first-order valence-corrected chi connectivity index (χ1v) is 5.82. The van der Waals surface area contributed by atoms with E-state index in [9.17, 15) is 0 Å². The molecule has 0 aromatic heterocycles. The Morgan fingerprint density at radius 2 is 2.07 bits per heavy atom. The van der Waals surface area contributed by atoms with E-state index in [0.717, 1.165) is 29.8 Å². The molecule has 0 aliphatic heterocycles. The summed E-state index contributed by atoms with van der Waals surface area (Å²) in [6.45, 7) is 5.26. The van der Waals surface area contributed by atoms with Gasteiger partial charge in [-0.2, -0.15) is 0 Å². The average molecular weight is 257 g/mol. The maximum Gasteiger partial charge on any atom is 0.0351 e. The lowest BCUT2D eigenvalue weighted by Gasteiger charge is -2.07. The number of hydrogen-bond donors (Lipinski definition) is 2. The van der Waals surface area contributed by atoms with Gasteiger partial charge in [0.05, 0.1) is 0 Å². The number of nitrogens with one attached hydrogen (secondary N) is 2. The zero-order valence-electron chi connectivity index (χ0n) is 8.52. The number of rotatable bonds is 6. The van der Waals surface area contributed by atoms with Crippen molar-refractivity contribution >= 4 is 21.6 Å². The molecule has 0 heterocycles. The molecule has 0 saturated carbocycles. The second-order valence-electron chi connectivity index (χ2n) is 3.19. The third kappa shape index (κ3) is 4.63. The van der Waals surface area contributed by atoms with Crippen LogP contribution in [-0.4, -0.2) is 19.6 Å². The Kier molecular flexibility index (Phi) is 5.64. The van der Waals surface area contributed by atoms with Gasteiger partial charge in [-0.15, -0.1) is 0 Å². The third-order valence-corrected chi connectivity index (χ3v) is 2.38. The molecule has 2 nitrogen and oxygen atoms in total. The lowest BCUT2D eigenvalue weighted by Crippen LogP contribution is -2.22. The van der Waals surface area contributed by atoms with Crippen molar-refractivity contribution in [2.75, 3.05) is 25.0 Å². The molecule has 2 N–H and O–H groups in total. The van der Waals surface area contributed by atoms with Gasteiger partial charge >= 0.3 is 0 Å². The Labute approximate surface area is 94.2 Å². The van der Waals surface area contributed by atoms with Gasteiger partial charge in [-0.3, -0.25) is 0 Å². The smallest absolute Gasteiger partial charge is 0.0351 e. The van der Waals surface area contributed by atoms with Crippen LogP contribution in [0, 0.1) is 0 Å². The number of benzene rings is 1. The molecule has 0 fully saturated rings. The minimum Gasteiger partial charge on any atom is -0.384 e. The zero-order valence-corrected chi connectivity index (χ0v) is 10.1. The summed E-state index contributed by atoms with van der Waals surface area (Å²) >= 11 is 3.44. The molecule has 0 atom stereocenters. The molecule has 78 valence electrons. The summed E-state index contributed by atoms with van der Waals surface area (Å²) in [5.74, 6) is 0. The van der Waals surface area contributed by atoms with Crippen molar-refractivity contribution in [3.8, 4) is 0 Å². The number of anilines is 1. The first-order valence-electron chi connectivity index (χ1n) is 5.03. The van der Waals surface area contributed by atoms with E-state index in [1.165, 1.54) is 6.42 Å². The maximum absolute atomic E-state index is 3.44. The van der Waals surface area contributed by atoms with Crippen LogP contribution in [0.25, 0.3) is 0 Å². The summed E-state index contributed by atoms with van der Waals surface area (Å²) in [6, 6.07) is 8.22. The Bertz CT molecular complexity index is 263. The molecule has 1 aromatic carbocycles.